The molecule has 9 heteroatoms. The fraction of sp³-hybridized carbons (Fsp3) is 0.111. The standard InChI is InChI=1S/C18H15FN4O4/c1-10-15(17(24)21-14-8-3-2-7-13(14)19)16(22-18(25)20-10)11-5-4-6-12(9-11)23(26)27/h2-9,16H,1H3,(H,21,24)(H2,20,22,25)/t16-/m0/s1. The molecule has 2 aromatic rings. The highest BCUT2D eigenvalue weighted by Gasteiger charge is 2.32. The van der Waals surface area contributed by atoms with E-state index in [1.807, 2.05) is 0 Å². The molecule has 27 heavy (non-hydrogen) atoms. The second-order valence-electron chi connectivity index (χ2n) is 5.86. The average molecular weight is 370 g/mol. The van der Waals surface area contributed by atoms with Crippen LogP contribution in [0.5, 0.6) is 0 Å². The van der Waals surface area contributed by atoms with Crippen LogP contribution in [0.2, 0.25) is 0 Å². The van der Waals surface area contributed by atoms with Gasteiger partial charge in [0.2, 0.25) is 0 Å². The highest BCUT2D eigenvalue weighted by Crippen LogP contribution is 2.30. The third-order valence-corrected chi connectivity index (χ3v) is 4.05. The first kappa shape index (κ1) is 18.1. The van der Waals surface area contributed by atoms with Crippen molar-refractivity contribution in [3.63, 3.8) is 0 Å². The van der Waals surface area contributed by atoms with Crippen LogP contribution in [0.1, 0.15) is 18.5 Å². The number of amides is 3. The second-order valence-corrected chi connectivity index (χ2v) is 5.86. The van der Waals surface area contributed by atoms with Crippen LogP contribution in [0.3, 0.4) is 0 Å². The van der Waals surface area contributed by atoms with Gasteiger partial charge in [0.25, 0.3) is 11.6 Å². The van der Waals surface area contributed by atoms with E-state index < -0.39 is 28.7 Å². The molecule has 0 aliphatic carbocycles. The Kier molecular flexibility index (Phi) is 4.84. The Bertz CT molecular complexity index is 973. The van der Waals surface area contributed by atoms with Gasteiger partial charge in [-0.05, 0) is 24.6 Å². The van der Waals surface area contributed by atoms with Crippen LogP contribution in [0.15, 0.2) is 59.8 Å². The van der Waals surface area contributed by atoms with Gasteiger partial charge in [-0.3, -0.25) is 14.9 Å². The van der Waals surface area contributed by atoms with Gasteiger partial charge in [0.15, 0.2) is 0 Å². The van der Waals surface area contributed by atoms with Crippen molar-refractivity contribution < 1.29 is 18.9 Å². The highest BCUT2D eigenvalue weighted by molar-refractivity contribution is 6.06. The number of rotatable bonds is 4. The zero-order valence-electron chi connectivity index (χ0n) is 14.2. The van der Waals surface area contributed by atoms with Gasteiger partial charge in [-0.2, -0.15) is 0 Å². The number of anilines is 1. The molecule has 2 aromatic carbocycles. The summed E-state index contributed by atoms with van der Waals surface area (Å²) in [6.07, 6.45) is 0. The third-order valence-electron chi connectivity index (χ3n) is 4.05. The molecular formula is C18H15FN4O4. The number of allylic oxidation sites excluding steroid dienone is 1. The first-order chi connectivity index (χ1) is 12.9. The Morgan fingerprint density at radius 3 is 2.67 bits per heavy atom. The van der Waals surface area contributed by atoms with Crippen LogP contribution in [0.4, 0.5) is 20.6 Å². The molecule has 0 saturated heterocycles. The minimum Gasteiger partial charge on any atom is -0.327 e. The number of nitrogens with one attached hydrogen (secondary N) is 3. The molecule has 8 nitrogen and oxygen atoms in total. The number of nitro groups is 1. The second kappa shape index (κ2) is 7.24. The maximum Gasteiger partial charge on any atom is 0.319 e. The number of para-hydroxylation sites is 1. The van der Waals surface area contributed by atoms with Gasteiger partial charge in [0.1, 0.15) is 5.82 Å². The molecule has 3 N–H and O–H groups in total. The summed E-state index contributed by atoms with van der Waals surface area (Å²) in [4.78, 5) is 35.1. The fourth-order valence-corrected chi connectivity index (χ4v) is 2.82. The van der Waals surface area contributed by atoms with Crippen LogP contribution in [0, 0.1) is 15.9 Å². The Balaban J connectivity index is 1.99. The Hall–Kier alpha value is -3.75. The molecule has 0 fully saturated rings. The van der Waals surface area contributed by atoms with E-state index >= 15 is 0 Å². The molecule has 0 saturated carbocycles. The summed E-state index contributed by atoms with van der Waals surface area (Å²) < 4.78 is 13.8. The number of non-ortho nitro benzene ring substituents is 1. The molecule has 0 bridgehead atoms. The smallest absolute Gasteiger partial charge is 0.319 e. The van der Waals surface area contributed by atoms with Crippen LogP contribution >= 0.6 is 0 Å². The topological polar surface area (TPSA) is 113 Å². The van der Waals surface area contributed by atoms with E-state index in [9.17, 15) is 24.1 Å². The van der Waals surface area contributed by atoms with E-state index in [0.29, 0.717) is 5.56 Å². The maximum absolute atomic E-state index is 13.8. The lowest BCUT2D eigenvalue weighted by Gasteiger charge is -2.28. The normalized spacial score (nSPS) is 16.4. The minimum atomic E-state index is -0.926. The predicted molar refractivity (Wildman–Crippen MR) is 95.2 cm³/mol. The summed E-state index contributed by atoms with van der Waals surface area (Å²) in [6.45, 7) is 1.53. The number of hydrogen-bond donors (Lipinski definition) is 3. The number of nitrogens with zero attached hydrogens (tertiary/aromatic N) is 1. The van der Waals surface area contributed by atoms with Crippen molar-refractivity contribution in [3.05, 3.63) is 81.3 Å². The number of carbonyl (C=O) groups is 2. The molecule has 1 aliphatic heterocycles. The van der Waals surface area contributed by atoms with E-state index in [-0.39, 0.29) is 22.6 Å². The minimum absolute atomic E-state index is 0.0162. The summed E-state index contributed by atoms with van der Waals surface area (Å²) in [7, 11) is 0. The zero-order chi connectivity index (χ0) is 19.6. The van der Waals surface area contributed by atoms with Crippen molar-refractivity contribution >= 4 is 23.3 Å². The summed E-state index contributed by atoms with van der Waals surface area (Å²) >= 11 is 0. The van der Waals surface area contributed by atoms with Gasteiger partial charge in [-0.25, -0.2) is 9.18 Å². The molecule has 138 valence electrons. The van der Waals surface area contributed by atoms with E-state index in [4.69, 9.17) is 0 Å². The van der Waals surface area contributed by atoms with Crippen molar-refractivity contribution in [3.8, 4) is 0 Å². The Morgan fingerprint density at radius 2 is 1.96 bits per heavy atom. The summed E-state index contributed by atoms with van der Waals surface area (Å²) in [5.74, 6) is -1.24. The van der Waals surface area contributed by atoms with Crippen molar-refractivity contribution in [2.24, 2.45) is 0 Å². The summed E-state index contributed by atoms with van der Waals surface area (Å²) in [5.41, 5.74) is 0.559. The van der Waals surface area contributed by atoms with Crippen LogP contribution in [-0.2, 0) is 4.79 Å². The number of halogens is 1. The molecule has 0 spiro atoms. The predicted octanol–water partition coefficient (Wildman–Crippen LogP) is 3.00. The van der Waals surface area contributed by atoms with Gasteiger partial charge in [-0.15, -0.1) is 0 Å². The lowest BCUT2D eigenvalue weighted by Crippen LogP contribution is -2.46. The molecule has 1 aliphatic rings. The van der Waals surface area contributed by atoms with Gasteiger partial charge >= 0.3 is 6.03 Å². The van der Waals surface area contributed by atoms with E-state index in [2.05, 4.69) is 16.0 Å². The fourth-order valence-electron chi connectivity index (χ4n) is 2.82. The van der Waals surface area contributed by atoms with E-state index in [0.717, 1.165) is 0 Å². The maximum atomic E-state index is 13.8. The molecule has 0 radical (unpaired) electrons. The molecule has 1 heterocycles. The van der Waals surface area contributed by atoms with Crippen molar-refractivity contribution in [1.29, 1.82) is 0 Å². The van der Waals surface area contributed by atoms with Gasteiger partial charge in [0.05, 0.1) is 22.2 Å². The highest BCUT2D eigenvalue weighted by atomic mass is 19.1. The molecule has 1 atom stereocenters. The number of hydrogen-bond acceptors (Lipinski definition) is 4. The Morgan fingerprint density at radius 1 is 1.22 bits per heavy atom. The number of carbonyl (C=O) groups excluding carboxylic acids is 2. The van der Waals surface area contributed by atoms with Crippen LogP contribution < -0.4 is 16.0 Å². The van der Waals surface area contributed by atoms with Gasteiger partial charge in [-0.1, -0.05) is 24.3 Å². The lowest BCUT2D eigenvalue weighted by molar-refractivity contribution is -0.384. The monoisotopic (exact) mass is 370 g/mol. The number of benzene rings is 2. The van der Waals surface area contributed by atoms with Crippen molar-refractivity contribution in [2.45, 2.75) is 13.0 Å². The average Bonchev–Trinajstić information content (AvgIpc) is 2.63. The third kappa shape index (κ3) is 3.76. The molecule has 3 amide bonds. The zero-order valence-corrected chi connectivity index (χ0v) is 14.2. The first-order valence-corrected chi connectivity index (χ1v) is 7.95. The quantitative estimate of drug-likeness (QED) is 0.567. The van der Waals surface area contributed by atoms with Crippen molar-refractivity contribution in [1.82, 2.24) is 10.6 Å². The summed E-state index contributed by atoms with van der Waals surface area (Å²) in [5, 5.41) is 18.6. The number of urea groups is 1. The van der Waals surface area contributed by atoms with Gasteiger partial charge < -0.3 is 16.0 Å². The Labute approximate surface area is 153 Å². The lowest BCUT2D eigenvalue weighted by atomic mass is 9.94. The number of nitro benzene ring substituents is 1. The van der Waals surface area contributed by atoms with Crippen LogP contribution in [0.25, 0.3) is 0 Å². The van der Waals surface area contributed by atoms with Crippen molar-refractivity contribution in [2.75, 3.05) is 5.32 Å². The largest absolute Gasteiger partial charge is 0.327 e. The van der Waals surface area contributed by atoms with E-state index in [1.165, 1.54) is 43.3 Å². The van der Waals surface area contributed by atoms with Crippen LogP contribution in [-0.4, -0.2) is 16.9 Å². The molecule has 0 unspecified atom stereocenters. The molecule has 0 aromatic heterocycles. The van der Waals surface area contributed by atoms with Gasteiger partial charge in [0, 0.05) is 17.8 Å². The molecular weight excluding hydrogens is 355 g/mol. The van der Waals surface area contributed by atoms with E-state index in [1.54, 1.807) is 12.1 Å². The SMILES string of the molecule is CC1=C(C(=O)Nc2ccccc2F)[C@H](c2cccc([N+](=O)[O-])c2)NC(=O)N1. The summed E-state index contributed by atoms with van der Waals surface area (Å²) in [6, 6.07) is 9.80. The molecule has 3 rings (SSSR count). The first-order valence-electron chi connectivity index (χ1n) is 7.95.